The van der Waals surface area contributed by atoms with Crippen LogP contribution in [0, 0.1) is 10.8 Å². The summed E-state index contributed by atoms with van der Waals surface area (Å²) < 4.78 is 5.73. The molecule has 0 aromatic carbocycles. The minimum absolute atomic E-state index is 0.508. The molecule has 20 heavy (non-hydrogen) atoms. The van der Waals surface area contributed by atoms with Gasteiger partial charge in [0.25, 0.3) is 0 Å². The zero-order chi connectivity index (χ0) is 14.9. The van der Waals surface area contributed by atoms with Crippen molar-refractivity contribution >= 4 is 0 Å². The SMILES string of the molecule is CC(C)(C)CCCCCCOCCCCCC1(C)CC1. The summed E-state index contributed by atoms with van der Waals surface area (Å²) >= 11 is 0. The lowest BCUT2D eigenvalue weighted by Gasteiger charge is -2.17. The molecule has 0 N–H and O–H groups in total. The van der Waals surface area contributed by atoms with E-state index in [4.69, 9.17) is 4.74 Å². The Morgan fingerprint density at radius 3 is 1.90 bits per heavy atom. The molecule has 0 aromatic heterocycles. The number of ether oxygens (including phenoxy) is 1. The van der Waals surface area contributed by atoms with Gasteiger partial charge in [-0.3, -0.25) is 0 Å². The minimum atomic E-state index is 0.508. The first-order valence-corrected chi connectivity index (χ1v) is 8.99. The van der Waals surface area contributed by atoms with Gasteiger partial charge >= 0.3 is 0 Å². The molecule has 120 valence electrons. The van der Waals surface area contributed by atoms with Gasteiger partial charge < -0.3 is 4.74 Å². The molecule has 1 fully saturated rings. The summed E-state index contributed by atoms with van der Waals surface area (Å²) in [5, 5.41) is 0. The van der Waals surface area contributed by atoms with Gasteiger partial charge in [0.2, 0.25) is 0 Å². The summed E-state index contributed by atoms with van der Waals surface area (Å²) in [7, 11) is 0. The highest BCUT2D eigenvalue weighted by molar-refractivity contribution is 4.87. The van der Waals surface area contributed by atoms with Crippen molar-refractivity contribution in [1.29, 1.82) is 0 Å². The minimum Gasteiger partial charge on any atom is -0.381 e. The van der Waals surface area contributed by atoms with Crippen LogP contribution in [0.25, 0.3) is 0 Å². The Morgan fingerprint density at radius 1 is 0.800 bits per heavy atom. The van der Waals surface area contributed by atoms with Gasteiger partial charge in [0.15, 0.2) is 0 Å². The van der Waals surface area contributed by atoms with Crippen molar-refractivity contribution < 1.29 is 4.74 Å². The lowest BCUT2D eigenvalue weighted by atomic mass is 9.89. The molecule has 0 amide bonds. The van der Waals surface area contributed by atoms with Crippen LogP contribution >= 0.6 is 0 Å². The van der Waals surface area contributed by atoms with Crippen LogP contribution in [0.1, 0.15) is 98.3 Å². The number of hydrogen-bond donors (Lipinski definition) is 0. The summed E-state index contributed by atoms with van der Waals surface area (Å²) in [5.41, 5.74) is 1.25. The van der Waals surface area contributed by atoms with Gasteiger partial charge in [0.05, 0.1) is 0 Å². The van der Waals surface area contributed by atoms with E-state index >= 15 is 0 Å². The molecule has 1 aliphatic rings. The summed E-state index contributed by atoms with van der Waals surface area (Å²) in [5.74, 6) is 0. The fraction of sp³-hybridized carbons (Fsp3) is 1.00. The van der Waals surface area contributed by atoms with Crippen molar-refractivity contribution in [2.24, 2.45) is 10.8 Å². The third-order valence-electron chi connectivity index (χ3n) is 4.64. The molecule has 0 radical (unpaired) electrons. The second-order valence-corrected chi connectivity index (χ2v) is 8.46. The van der Waals surface area contributed by atoms with E-state index in [0.29, 0.717) is 5.41 Å². The van der Waals surface area contributed by atoms with Gasteiger partial charge in [-0.15, -0.1) is 0 Å². The van der Waals surface area contributed by atoms with Gasteiger partial charge in [0.1, 0.15) is 0 Å². The van der Waals surface area contributed by atoms with Crippen molar-refractivity contribution in [3.63, 3.8) is 0 Å². The van der Waals surface area contributed by atoms with Crippen LogP contribution in [0.3, 0.4) is 0 Å². The zero-order valence-electron chi connectivity index (χ0n) is 14.6. The van der Waals surface area contributed by atoms with E-state index in [9.17, 15) is 0 Å². The Morgan fingerprint density at radius 2 is 1.35 bits per heavy atom. The Hall–Kier alpha value is -0.0400. The standard InChI is InChI=1S/C19H38O/c1-18(2,3)12-8-5-6-10-16-20-17-11-7-9-13-19(4)14-15-19/h5-17H2,1-4H3. The van der Waals surface area contributed by atoms with E-state index in [-0.39, 0.29) is 0 Å². The predicted octanol–water partition coefficient (Wildman–Crippen LogP) is 6.36. The van der Waals surface area contributed by atoms with E-state index in [1.807, 2.05) is 0 Å². The first kappa shape index (κ1) is 18.0. The lowest BCUT2D eigenvalue weighted by Crippen LogP contribution is -2.04. The van der Waals surface area contributed by atoms with Gasteiger partial charge in [-0.1, -0.05) is 59.8 Å². The van der Waals surface area contributed by atoms with E-state index in [1.54, 1.807) is 0 Å². The molecule has 1 rings (SSSR count). The molecular formula is C19H38O. The maximum atomic E-state index is 5.73. The van der Waals surface area contributed by atoms with Crippen LogP contribution < -0.4 is 0 Å². The zero-order valence-corrected chi connectivity index (χ0v) is 14.6. The fourth-order valence-electron chi connectivity index (χ4n) is 2.71. The maximum absolute atomic E-state index is 5.73. The van der Waals surface area contributed by atoms with Crippen LogP contribution in [-0.4, -0.2) is 13.2 Å². The molecule has 0 aliphatic heterocycles. The average Bonchev–Trinajstić information content (AvgIpc) is 3.08. The molecule has 0 atom stereocenters. The second-order valence-electron chi connectivity index (χ2n) is 8.46. The van der Waals surface area contributed by atoms with Crippen molar-refractivity contribution in [2.75, 3.05) is 13.2 Å². The third kappa shape index (κ3) is 10.7. The Bertz CT molecular complexity index is 219. The van der Waals surface area contributed by atoms with Gasteiger partial charge in [-0.05, 0) is 49.4 Å². The van der Waals surface area contributed by atoms with Gasteiger partial charge in [-0.2, -0.15) is 0 Å². The topological polar surface area (TPSA) is 9.23 Å². The Kier molecular flexibility index (Phi) is 8.17. The summed E-state index contributed by atoms with van der Waals surface area (Å²) in [6.07, 6.45) is 15.1. The van der Waals surface area contributed by atoms with Crippen LogP contribution in [0.2, 0.25) is 0 Å². The molecule has 1 saturated carbocycles. The molecule has 0 unspecified atom stereocenters. The molecule has 1 nitrogen and oxygen atoms in total. The van der Waals surface area contributed by atoms with Crippen LogP contribution in [0.5, 0.6) is 0 Å². The molecule has 0 spiro atoms. The third-order valence-corrected chi connectivity index (χ3v) is 4.64. The Labute approximate surface area is 127 Å². The van der Waals surface area contributed by atoms with E-state index in [0.717, 1.165) is 18.6 Å². The molecule has 1 heteroatoms. The smallest absolute Gasteiger partial charge is 0.0466 e. The summed E-state index contributed by atoms with van der Waals surface area (Å²) in [6, 6.07) is 0. The largest absolute Gasteiger partial charge is 0.381 e. The van der Waals surface area contributed by atoms with E-state index in [1.165, 1.54) is 70.6 Å². The van der Waals surface area contributed by atoms with E-state index in [2.05, 4.69) is 27.7 Å². The highest BCUT2D eigenvalue weighted by Gasteiger charge is 2.35. The number of hydrogen-bond acceptors (Lipinski definition) is 1. The lowest BCUT2D eigenvalue weighted by molar-refractivity contribution is 0.125. The highest BCUT2D eigenvalue weighted by Crippen LogP contribution is 2.49. The fourth-order valence-corrected chi connectivity index (χ4v) is 2.71. The summed E-state index contributed by atoms with van der Waals surface area (Å²) in [4.78, 5) is 0. The summed E-state index contributed by atoms with van der Waals surface area (Å²) in [6.45, 7) is 11.4. The molecule has 0 aromatic rings. The first-order valence-electron chi connectivity index (χ1n) is 8.99. The van der Waals surface area contributed by atoms with Crippen molar-refractivity contribution in [3.8, 4) is 0 Å². The highest BCUT2D eigenvalue weighted by atomic mass is 16.5. The average molecular weight is 283 g/mol. The first-order chi connectivity index (χ1) is 9.41. The van der Waals surface area contributed by atoms with E-state index < -0.39 is 0 Å². The van der Waals surface area contributed by atoms with Crippen molar-refractivity contribution in [1.82, 2.24) is 0 Å². The van der Waals surface area contributed by atoms with Crippen LogP contribution in [-0.2, 0) is 4.74 Å². The monoisotopic (exact) mass is 282 g/mol. The van der Waals surface area contributed by atoms with Crippen LogP contribution in [0.4, 0.5) is 0 Å². The second kappa shape index (κ2) is 9.07. The molecule has 0 bridgehead atoms. The van der Waals surface area contributed by atoms with Gasteiger partial charge in [-0.25, -0.2) is 0 Å². The molecule has 0 heterocycles. The van der Waals surface area contributed by atoms with Crippen molar-refractivity contribution in [2.45, 2.75) is 98.3 Å². The normalized spacial score (nSPS) is 17.4. The Balaban J connectivity index is 1.70. The molecule has 1 aliphatic carbocycles. The number of unbranched alkanes of at least 4 members (excludes halogenated alkanes) is 5. The maximum Gasteiger partial charge on any atom is 0.0466 e. The predicted molar refractivity (Wildman–Crippen MR) is 89.2 cm³/mol. The molecule has 0 saturated heterocycles. The van der Waals surface area contributed by atoms with Crippen molar-refractivity contribution in [3.05, 3.63) is 0 Å². The van der Waals surface area contributed by atoms with Gasteiger partial charge in [0, 0.05) is 13.2 Å². The molecular weight excluding hydrogens is 244 g/mol. The van der Waals surface area contributed by atoms with Crippen LogP contribution in [0.15, 0.2) is 0 Å². The quantitative estimate of drug-likeness (QED) is 0.378. The number of rotatable bonds is 12.